The summed E-state index contributed by atoms with van der Waals surface area (Å²) in [5, 5.41) is 15.3. The summed E-state index contributed by atoms with van der Waals surface area (Å²) in [6.07, 6.45) is 3.29. The van der Waals surface area contributed by atoms with Crippen LogP contribution in [0.25, 0.3) is 10.8 Å². The highest BCUT2D eigenvalue weighted by molar-refractivity contribution is 6.31. The Morgan fingerprint density at radius 2 is 1.88 bits per heavy atom. The SMILES string of the molecule is CCCCN1C(=O)c2cccc3c(NCCN=Cc4cc(Cl)ccc4O)ccc(c23)C1=O. The molecule has 164 valence electrons. The maximum absolute atomic E-state index is 13.0. The highest BCUT2D eigenvalue weighted by Gasteiger charge is 2.32. The topological polar surface area (TPSA) is 82.0 Å². The second-order valence-corrected chi connectivity index (χ2v) is 8.11. The lowest BCUT2D eigenvalue weighted by Crippen LogP contribution is -2.40. The van der Waals surface area contributed by atoms with Crippen molar-refractivity contribution in [2.24, 2.45) is 4.99 Å². The Kier molecular flexibility index (Phi) is 6.42. The van der Waals surface area contributed by atoms with Gasteiger partial charge in [-0.2, -0.15) is 0 Å². The van der Waals surface area contributed by atoms with Crippen LogP contribution in [0.4, 0.5) is 5.69 Å². The third-order valence-electron chi connectivity index (χ3n) is 5.50. The Labute approximate surface area is 191 Å². The van der Waals surface area contributed by atoms with E-state index < -0.39 is 0 Å². The molecular weight excluding hydrogens is 426 g/mol. The first-order valence-corrected chi connectivity index (χ1v) is 11.0. The number of phenolic OH excluding ortho intramolecular Hbond substituents is 1. The Hall–Kier alpha value is -3.38. The van der Waals surface area contributed by atoms with E-state index in [9.17, 15) is 14.7 Å². The predicted octanol–water partition coefficient (Wildman–Crippen LogP) is 5.13. The fraction of sp³-hybridized carbons (Fsp3) is 0.240. The molecule has 2 amide bonds. The van der Waals surface area contributed by atoms with E-state index in [1.54, 1.807) is 30.5 Å². The molecule has 0 atom stereocenters. The number of benzene rings is 3. The van der Waals surface area contributed by atoms with Gasteiger partial charge in [0.1, 0.15) is 5.75 Å². The summed E-state index contributed by atoms with van der Waals surface area (Å²) in [4.78, 5) is 31.6. The van der Waals surface area contributed by atoms with Crippen LogP contribution in [0, 0.1) is 0 Å². The van der Waals surface area contributed by atoms with Crippen molar-refractivity contribution in [3.8, 4) is 5.75 Å². The molecule has 3 aromatic carbocycles. The number of anilines is 1. The van der Waals surface area contributed by atoms with Crippen LogP contribution in [0.2, 0.25) is 5.02 Å². The van der Waals surface area contributed by atoms with Gasteiger partial charge in [-0.15, -0.1) is 0 Å². The zero-order valence-corrected chi connectivity index (χ0v) is 18.5. The van der Waals surface area contributed by atoms with Gasteiger partial charge in [-0.05, 0) is 42.8 Å². The van der Waals surface area contributed by atoms with Gasteiger partial charge in [-0.3, -0.25) is 19.5 Å². The number of phenols is 1. The minimum absolute atomic E-state index is 0.122. The number of aliphatic imine (C=N–C) groups is 1. The van der Waals surface area contributed by atoms with Crippen LogP contribution in [0.5, 0.6) is 5.75 Å². The molecule has 0 saturated carbocycles. The largest absolute Gasteiger partial charge is 0.507 e. The standard InChI is InChI=1S/C25H24ClN3O3/c1-2-3-13-29-24(31)19-6-4-5-18-21(9-8-20(23(18)19)25(29)32)28-12-11-27-15-16-14-17(26)7-10-22(16)30/h4-10,14-15,28,30H,2-3,11-13H2,1H3. The van der Waals surface area contributed by atoms with E-state index in [0.717, 1.165) is 23.9 Å². The number of carbonyl (C=O) groups excluding carboxylic acids is 2. The monoisotopic (exact) mass is 449 g/mol. The fourth-order valence-corrected chi connectivity index (χ4v) is 4.05. The van der Waals surface area contributed by atoms with E-state index in [1.165, 1.54) is 11.0 Å². The summed E-state index contributed by atoms with van der Waals surface area (Å²) in [7, 11) is 0. The number of aromatic hydroxyl groups is 1. The third-order valence-corrected chi connectivity index (χ3v) is 5.74. The minimum Gasteiger partial charge on any atom is -0.507 e. The quantitative estimate of drug-likeness (QED) is 0.284. The molecule has 3 aromatic rings. The molecular formula is C25H24ClN3O3. The van der Waals surface area contributed by atoms with E-state index in [0.29, 0.717) is 46.7 Å². The number of rotatable bonds is 8. The Morgan fingerprint density at radius 1 is 1.09 bits per heavy atom. The maximum Gasteiger partial charge on any atom is 0.261 e. The average molecular weight is 450 g/mol. The Bertz CT molecular complexity index is 1200. The van der Waals surface area contributed by atoms with Crippen LogP contribution in [-0.2, 0) is 0 Å². The lowest BCUT2D eigenvalue weighted by Gasteiger charge is -2.27. The van der Waals surface area contributed by atoms with Crippen molar-refractivity contribution in [1.29, 1.82) is 0 Å². The molecule has 4 rings (SSSR count). The number of hydrogen-bond acceptors (Lipinski definition) is 5. The number of amides is 2. The van der Waals surface area contributed by atoms with Crippen molar-refractivity contribution in [2.75, 3.05) is 25.0 Å². The van der Waals surface area contributed by atoms with Gasteiger partial charge < -0.3 is 10.4 Å². The number of imide groups is 1. The first kappa shape index (κ1) is 21.8. The molecule has 0 unspecified atom stereocenters. The average Bonchev–Trinajstić information content (AvgIpc) is 2.79. The van der Waals surface area contributed by atoms with Crippen LogP contribution in [-0.4, -0.2) is 47.7 Å². The maximum atomic E-state index is 13.0. The minimum atomic E-state index is -0.232. The Balaban J connectivity index is 1.52. The zero-order valence-electron chi connectivity index (χ0n) is 17.8. The molecule has 6 nitrogen and oxygen atoms in total. The second-order valence-electron chi connectivity index (χ2n) is 7.67. The van der Waals surface area contributed by atoms with E-state index in [1.807, 2.05) is 25.1 Å². The third kappa shape index (κ3) is 4.18. The summed E-state index contributed by atoms with van der Waals surface area (Å²) >= 11 is 5.95. The van der Waals surface area contributed by atoms with Gasteiger partial charge in [-0.25, -0.2) is 0 Å². The first-order chi connectivity index (χ1) is 15.5. The summed E-state index contributed by atoms with van der Waals surface area (Å²) < 4.78 is 0. The molecule has 7 heteroatoms. The molecule has 0 aromatic heterocycles. The number of halogens is 1. The van der Waals surface area contributed by atoms with Crippen LogP contribution in [0.1, 0.15) is 46.0 Å². The fourth-order valence-electron chi connectivity index (χ4n) is 3.87. The summed E-state index contributed by atoms with van der Waals surface area (Å²) in [5.41, 5.74) is 2.52. The molecule has 32 heavy (non-hydrogen) atoms. The molecule has 0 bridgehead atoms. The lowest BCUT2D eigenvalue weighted by atomic mass is 9.93. The van der Waals surface area contributed by atoms with Crippen molar-refractivity contribution in [1.82, 2.24) is 4.90 Å². The van der Waals surface area contributed by atoms with Crippen LogP contribution >= 0.6 is 11.6 Å². The van der Waals surface area contributed by atoms with Gasteiger partial charge in [0.2, 0.25) is 0 Å². The van der Waals surface area contributed by atoms with Gasteiger partial charge in [0, 0.05) is 57.5 Å². The lowest BCUT2D eigenvalue weighted by molar-refractivity contribution is 0.0608. The molecule has 0 spiro atoms. The Morgan fingerprint density at radius 3 is 2.66 bits per heavy atom. The molecule has 0 radical (unpaired) electrons. The van der Waals surface area contributed by atoms with E-state index in [2.05, 4.69) is 10.3 Å². The summed E-state index contributed by atoms with van der Waals surface area (Å²) in [6, 6.07) is 14.0. The van der Waals surface area contributed by atoms with E-state index in [-0.39, 0.29) is 17.6 Å². The molecule has 1 heterocycles. The molecule has 2 N–H and O–H groups in total. The predicted molar refractivity (Wildman–Crippen MR) is 128 cm³/mol. The highest BCUT2D eigenvalue weighted by Crippen LogP contribution is 2.34. The second kappa shape index (κ2) is 9.40. The van der Waals surface area contributed by atoms with Crippen LogP contribution in [0.15, 0.2) is 53.5 Å². The first-order valence-electron chi connectivity index (χ1n) is 10.7. The van der Waals surface area contributed by atoms with E-state index in [4.69, 9.17) is 11.6 Å². The molecule has 0 fully saturated rings. The van der Waals surface area contributed by atoms with Gasteiger partial charge in [0.05, 0.1) is 6.54 Å². The van der Waals surface area contributed by atoms with Crippen molar-refractivity contribution >= 4 is 46.1 Å². The van der Waals surface area contributed by atoms with Crippen molar-refractivity contribution in [2.45, 2.75) is 19.8 Å². The summed E-state index contributed by atoms with van der Waals surface area (Å²) in [5.74, 6) is -0.341. The van der Waals surface area contributed by atoms with Crippen LogP contribution in [0.3, 0.4) is 0 Å². The number of unbranched alkanes of at least 4 members (excludes halogenated alkanes) is 1. The van der Waals surface area contributed by atoms with Gasteiger partial charge >= 0.3 is 0 Å². The van der Waals surface area contributed by atoms with Crippen molar-refractivity contribution in [3.63, 3.8) is 0 Å². The smallest absolute Gasteiger partial charge is 0.261 e. The van der Waals surface area contributed by atoms with Gasteiger partial charge in [0.15, 0.2) is 0 Å². The van der Waals surface area contributed by atoms with Crippen LogP contribution < -0.4 is 5.32 Å². The number of hydrogen-bond donors (Lipinski definition) is 2. The highest BCUT2D eigenvalue weighted by atomic mass is 35.5. The van der Waals surface area contributed by atoms with Gasteiger partial charge in [-0.1, -0.05) is 37.1 Å². The van der Waals surface area contributed by atoms with Crippen molar-refractivity contribution < 1.29 is 14.7 Å². The molecule has 0 saturated heterocycles. The normalized spacial score (nSPS) is 13.4. The van der Waals surface area contributed by atoms with E-state index >= 15 is 0 Å². The summed E-state index contributed by atoms with van der Waals surface area (Å²) in [6.45, 7) is 3.48. The molecule has 0 aliphatic carbocycles. The number of carbonyl (C=O) groups is 2. The molecule has 1 aliphatic rings. The zero-order chi connectivity index (χ0) is 22.7. The number of nitrogens with zero attached hydrogens (tertiary/aromatic N) is 2. The number of nitrogens with one attached hydrogen (secondary N) is 1. The van der Waals surface area contributed by atoms with Crippen molar-refractivity contribution in [3.05, 3.63) is 70.2 Å². The van der Waals surface area contributed by atoms with Gasteiger partial charge in [0.25, 0.3) is 11.8 Å². The molecule has 1 aliphatic heterocycles.